The lowest BCUT2D eigenvalue weighted by atomic mass is 10.0. The zero-order valence-corrected chi connectivity index (χ0v) is 19.1. The average molecular weight is 448 g/mol. The van der Waals surface area contributed by atoms with Gasteiger partial charge in [-0.3, -0.25) is 9.78 Å². The second kappa shape index (κ2) is 9.27. The van der Waals surface area contributed by atoms with Crippen LogP contribution in [0.1, 0.15) is 36.9 Å². The number of aryl methyl sites for hydroxylation is 1. The Labute approximate surface area is 193 Å². The van der Waals surface area contributed by atoms with Crippen LogP contribution in [0, 0.1) is 6.92 Å². The number of hydrogen-bond donors (Lipinski definition) is 1. The largest absolute Gasteiger partial charge is 0.415 e. The van der Waals surface area contributed by atoms with Crippen LogP contribution in [0.4, 0.5) is 5.82 Å². The Morgan fingerprint density at radius 2 is 1.85 bits per heavy atom. The molecule has 0 aliphatic carbocycles. The van der Waals surface area contributed by atoms with E-state index in [1.807, 2.05) is 38.2 Å². The lowest BCUT2D eigenvalue weighted by molar-refractivity contribution is -0.130. The summed E-state index contributed by atoms with van der Waals surface area (Å²) in [4.78, 5) is 25.7. The lowest BCUT2D eigenvalue weighted by Crippen LogP contribution is -2.45. The van der Waals surface area contributed by atoms with Gasteiger partial charge in [-0.15, -0.1) is 10.2 Å². The predicted octanol–water partition coefficient (Wildman–Crippen LogP) is 2.81. The summed E-state index contributed by atoms with van der Waals surface area (Å²) in [6, 6.07) is 8.39. The molecule has 0 spiro atoms. The first-order valence-corrected chi connectivity index (χ1v) is 11.6. The molecule has 1 aromatic carbocycles. The van der Waals surface area contributed by atoms with Crippen molar-refractivity contribution in [3.8, 4) is 23.0 Å². The number of nitrogens with zero attached hydrogens (tertiary/aromatic N) is 6. The van der Waals surface area contributed by atoms with E-state index < -0.39 is 0 Å². The van der Waals surface area contributed by atoms with Gasteiger partial charge in [-0.2, -0.15) is 0 Å². The van der Waals surface area contributed by atoms with Crippen LogP contribution in [-0.2, 0) is 11.3 Å². The number of likely N-dealkylation sites (tertiary alicyclic amines) is 1. The van der Waals surface area contributed by atoms with Gasteiger partial charge in [0.05, 0.1) is 11.9 Å². The molecule has 0 radical (unpaired) electrons. The van der Waals surface area contributed by atoms with E-state index in [4.69, 9.17) is 9.40 Å². The summed E-state index contributed by atoms with van der Waals surface area (Å²) in [6.07, 6.45) is 5.38. The van der Waals surface area contributed by atoms with Crippen molar-refractivity contribution in [2.24, 2.45) is 0 Å². The third-order valence-electron chi connectivity index (χ3n) is 6.49. The zero-order chi connectivity index (χ0) is 22.8. The van der Waals surface area contributed by atoms with Gasteiger partial charge in [-0.05, 0) is 50.9 Å². The van der Waals surface area contributed by atoms with E-state index in [9.17, 15) is 4.79 Å². The van der Waals surface area contributed by atoms with E-state index in [0.717, 1.165) is 62.5 Å². The first kappa shape index (κ1) is 21.5. The summed E-state index contributed by atoms with van der Waals surface area (Å²) in [5.41, 5.74) is 3.41. The van der Waals surface area contributed by atoms with Crippen molar-refractivity contribution >= 4 is 11.7 Å². The van der Waals surface area contributed by atoms with Gasteiger partial charge in [0.1, 0.15) is 5.82 Å². The fourth-order valence-electron chi connectivity index (χ4n) is 4.66. The maximum atomic E-state index is 12.1. The van der Waals surface area contributed by atoms with Crippen LogP contribution in [0.2, 0.25) is 0 Å². The Balaban J connectivity index is 1.31. The molecular formula is C24H29N7O2. The number of carbonyl (C=O) groups excluding carboxylic acids is 1. The fourth-order valence-corrected chi connectivity index (χ4v) is 4.66. The highest BCUT2D eigenvalue weighted by Gasteiger charge is 2.31. The molecule has 33 heavy (non-hydrogen) atoms. The van der Waals surface area contributed by atoms with Crippen molar-refractivity contribution in [2.45, 2.75) is 45.2 Å². The van der Waals surface area contributed by atoms with E-state index in [2.05, 4.69) is 30.3 Å². The Morgan fingerprint density at radius 1 is 1.09 bits per heavy atom. The Bertz CT molecular complexity index is 1120. The number of carbonyl (C=O) groups is 1. The van der Waals surface area contributed by atoms with E-state index in [1.54, 1.807) is 6.20 Å². The summed E-state index contributed by atoms with van der Waals surface area (Å²) >= 11 is 0. The molecule has 2 aliphatic rings. The quantitative estimate of drug-likeness (QED) is 0.616. The number of amides is 1. The number of anilines is 1. The Hall–Kier alpha value is -3.33. The predicted molar refractivity (Wildman–Crippen MR) is 124 cm³/mol. The molecule has 4 heterocycles. The van der Waals surface area contributed by atoms with Crippen molar-refractivity contribution < 1.29 is 9.21 Å². The van der Waals surface area contributed by atoms with Crippen LogP contribution in [-0.4, -0.2) is 63.7 Å². The maximum Gasteiger partial charge on any atom is 0.268 e. The fraction of sp³-hybridized carbons (Fsp3) is 0.458. The van der Waals surface area contributed by atoms with Crippen molar-refractivity contribution in [3.05, 3.63) is 41.7 Å². The van der Waals surface area contributed by atoms with Crippen LogP contribution >= 0.6 is 0 Å². The number of aromatic nitrogens is 4. The van der Waals surface area contributed by atoms with Gasteiger partial charge in [0.15, 0.2) is 5.69 Å². The first-order valence-electron chi connectivity index (χ1n) is 11.6. The monoisotopic (exact) mass is 447 g/mol. The molecule has 9 heteroatoms. The first-order chi connectivity index (χ1) is 16.1. The number of hydrogen-bond acceptors (Lipinski definition) is 8. The summed E-state index contributed by atoms with van der Waals surface area (Å²) in [6.45, 7) is 5.30. The van der Waals surface area contributed by atoms with E-state index in [1.165, 1.54) is 5.56 Å². The summed E-state index contributed by atoms with van der Waals surface area (Å²) in [5, 5.41) is 11.6. The van der Waals surface area contributed by atoms with E-state index >= 15 is 0 Å². The number of nitrogens with one attached hydrogen (secondary N) is 1. The van der Waals surface area contributed by atoms with Gasteiger partial charge in [-0.25, -0.2) is 4.98 Å². The number of piperidine rings is 1. The molecule has 2 fully saturated rings. The summed E-state index contributed by atoms with van der Waals surface area (Å²) in [7, 11) is 1.92. The van der Waals surface area contributed by atoms with Gasteiger partial charge in [0.2, 0.25) is 11.8 Å². The van der Waals surface area contributed by atoms with Crippen LogP contribution in [0.25, 0.3) is 23.0 Å². The van der Waals surface area contributed by atoms with Crippen LogP contribution < -0.4 is 10.2 Å². The normalized spacial score (nSPS) is 17.2. The molecular weight excluding hydrogens is 418 g/mol. The second-order valence-corrected chi connectivity index (χ2v) is 8.71. The molecule has 1 amide bonds. The highest BCUT2D eigenvalue weighted by molar-refractivity contribution is 5.78. The minimum atomic E-state index is 0.301. The van der Waals surface area contributed by atoms with Crippen molar-refractivity contribution in [2.75, 3.05) is 31.6 Å². The minimum Gasteiger partial charge on any atom is -0.415 e. The van der Waals surface area contributed by atoms with Gasteiger partial charge >= 0.3 is 0 Å². The molecule has 5 rings (SSSR count). The number of benzene rings is 1. The van der Waals surface area contributed by atoms with Crippen molar-refractivity contribution in [1.29, 1.82) is 0 Å². The molecule has 3 aromatic rings. The lowest BCUT2D eigenvalue weighted by Gasteiger charge is -2.37. The number of rotatable bonds is 6. The molecule has 1 N–H and O–H groups in total. The second-order valence-electron chi connectivity index (χ2n) is 8.71. The third kappa shape index (κ3) is 4.45. The molecule has 0 saturated carbocycles. The Morgan fingerprint density at radius 3 is 2.55 bits per heavy atom. The molecule has 0 atom stereocenters. The third-order valence-corrected chi connectivity index (χ3v) is 6.49. The van der Waals surface area contributed by atoms with Gasteiger partial charge in [0, 0.05) is 44.2 Å². The molecule has 2 aromatic heterocycles. The Kier molecular flexibility index (Phi) is 6.04. The molecule has 9 nitrogen and oxygen atoms in total. The molecule has 2 saturated heterocycles. The van der Waals surface area contributed by atoms with Crippen molar-refractivity contribution in [1.82, 2.24) is 30.4 Å². The van der Waals surface area contributed by atoms with Crippen LogP contribution in [0.3, 0.4) is 0 Å². The standard InChI is InChI=1S/C24H29N7O2/c1-16-22(24-29-28-23(33-24)18-7-5-17(6-8-18)14-25-2)27-20(15-26-16)30-12-9-19(10-13-30)31-11-3-4-21(31)32/h5-8,15,19,25H,3-4,9-14H2,1-2H3. The van der Waals surface area contributed by atoms with Gasteiger partial charge in [0.25, 0.3) is 5.89 Å². The minimum absolute atomic E-state index is 0.301. The SMILES string of the molecule is CNCc1ccc(-c2nnc(-c3nc(N4CCC(N5CCCC5=O)CC4)cnc3C)o2)cc1. The van der Waals surface area contributed by atoms with Gasteiger partial charge < -0.3 is 19.5 Å². The van der Waals surface area contributed by atoms with Crippen molar-refractivity contribution in [3.63, 3.8) is 0 Å². The summed E-state index contributed by atoms with van der Waals surface area (Å²) < 4.78 is 5.97. The highest BCUT2D eigenvalue weighted by Crippen LogP contribution is 2.28. The van der Waals surface area contributed by atoms with E-state index in [-0.39, 0.29) is 0 Å². The molecule has 2 aliphatic heterocycles. The van der Waals surface area contributed by atoms with E-state index in [0.29, 0.717) is 35.8 Å². The van der Waals surface area contributed by atoms with Crippen LogP contribution in [0.5, 0.6) is 0 Å². The highest BCUT2D eigenvalue weighted by atomic mass is 16.4. The molecule has 0 bridgehead atoms. The molecule has 172 valence electrons. The van der Waals surface area contributed by atoms with Crippen LogP contribution in [0.15, 0.2) is 34.9 Å². The maximum absolute atomic E-state index is 12.1. The zero-order valence-electron chi connectivity index (χ0n) is 19.1. The topological polar surface area (TPSA) is 100 Å². The van der Waals surface area contributed by atoms with Gasteiger partial charge in [-0.1, -0.05) is 12.1 Å². The summed E-state index contributed by atoms with van der Waals surface area (Å²) in [5.74, 6) is 1.94. The smallest absolute Gasteiger partial charge is 0.268 e. The molecule has 0 unspecified atom stereocenters. The average Bonchev–Trinajstić information content (AvgIpc) is 3.50.